The number of nitrogens with zero attached hydrogens (tertiary/aromatic N) is 6. The van der Waals surface area contributed by atoms with Gasteiger partial charge in [0.15, 0.2) is 11.5 Å². The van der Waals surface area contributed by atoms with E-state index in [0.717, 1.165) is 11.6 Å². The zero-order valence-corrected chi connectivity index (χ0v) is 18.9. The smallest absolute Gasteiger partial charge is 0.292 e. The topological polar surface area (TPSA) is 105 Å². The minimum absolute atomic E-state index is 0.0800. The number of aromatic nitrogens is 6. The van der Waals surface area contributed by atoms with Crippen molar-refractivity contribution < 1.29 is 18.0 Å². The van der Waals surface area contributed by atoms with Crippen molar-refractivity contribution in [2.45, 2.75) is 19.1 Å². The van der Waals surface area contributed by atoms with Crippen molar-refractivity contribution in [1.82, 2.24) is 29.8 Å². The van der Waals surface area contributed by atoms with E-state index in [2.05, 4.69) is 26.5 Å². The summed E-state index contributed by atoms with van der Waals surface area (Å²) in [5, 5.41) is 24.4. The molecule has 0 amide bonds. The van der Waals surface area contributed by atoms with Crippen molar-refractivity contribution in [2.24, 2.45) is 7.05 Å². The number of H-pyrrole nitrogens is 1. The molecule has 0 unspecified atom stereocenters. The summed E-state index contributed by atoms with van der Waals surface area (Å²) in [6.45, 7) is 0.460. The molecule has 180 valence electrons. The van der Waals surface area contributed by atoms with Gasteiger partial charge in [-0.05, 0) is 41.5 Å². The van der Waals surface area contributed by atoms with Crippen LogP contribution in [-0.4, -0.2) is 35.5 Å². The van der Waals surface area contributed by atoms with Crippen molar-refractivity contribution >= 4 is 16.7 Å². The number of nitriles is 1. The third-order valence-corrected chi connectivity index (χ3v) is 5.75. The summed E-state index contributed by atoms with van der Waals surface area (Å²) in [5.74, 6) is -0.222. The number of alkyl halides is 3. The van der Waals surface area contributed by atoms with Gasteiger partial charge in [0.05, 0.1) is 35.6 Å². The lowest BCUT2D eigenvalue weighted by Gasteiger charge is -2.02. The van der Waals surface area contributed by atoms with Crippen molar-refractivity contribution in [2.75, 3.05) is 0 Å². The largest absolute Gasteiger partial charge is 0.435 e. The molecule has 0 radical (unpaired) electrons. The molecule has 5 rings (SSSR count). The normalized spacial score (nSPS) is 11.6. The molecule has 0 atom stereocenters. The molecular weight excluding hydrogens is 471 g/mol. The number of rotatable bonds is 6. The fourth-order valence-electron chi connectivity index (χ4n) is 4.05. The predicted octanol–water partition coefficient (Wildman–Crippen LogP) is 4.52. The Bertz CT molecular complexity index is 1640. The number of benzene rings is 2. The first-order chi connectivity index (χ1) is 17.2. The number of aromatic amines is 1. The molecule has 1 N–H and O–H groups in total. The molecule has 2 aromatic carbocycles. The molecular formula is C25H18F3N7O. The minimum atomic E-state index is -4.54. The summed E-state index contributed by atoms with van der Waals surface area (Å²) < 4.78 is 41.9. The highest BCUT2D eigenvalue weighted by molar-refractivity contribution is 6.07. The summed E-state index contributed by atoms with van der Waals surface area (Å²) in [4.78, 5) is 13.0. The Hall–Kier alpha value is -4.72. The lowest BCUT2D eigenvalue weighted by molar-refractivity contribution is -0.141. The maximum atomic E-state index is 13.0. The summed E-state index contributed by atoms with van der Waals surface area (Å²) in [6, 6.07) is 15.2. The van der Waals surface area contributed by atoms with Gasteiger partial charge in [-0.15, -0.1) is 0 Å². The highest BCUT2D eigenvalue weighted by atomic mass is 19.4. The lowest BCUT2D eigenvalue weighted by atomic mass is 10.0. The van der Waals surface area contributed by atoms with Gasteiger partial charge in [-0.25, -0.2) is 0 Å². The predicted molar refractivity (Wildman–Crippen MR) is 124 cm³/mol. The van der Waals surface area contributed by atoms with E-state index in [0.29, 0.717) is 39.8 Å². The van der Waals surface area contributed by atoms with E-state index in [1.807, 2.05) is 6.07 Å². The van der Waals surface area contributed by atoms with Crippen LogP contribution in [0.2, 0.25) is 0 Å². The Kier molecular flexibility index (Phi) is 5.64. The molecule has 0 aliphatic rings. The Balaban J connectivity index is 1.33. The molecule has 3 aromatic heterocycles. The van der Waals surface area contributed by atoms with E-state index in [4.69, 9.17) is 5.26 Å². The monoisotopic (exact) mass is 489 g/mol. The molecule has 0 fully saturated rings. The van der Waals surface area contributed by atoms with Crippen LogP contribution in [-0.2, 0) is 26.2 Å². The molecule has 11 heteroatoms. The van der Waals surface area contributed by atoms with Crippen LogP contribution in [0.15, 0.2) is 60.9 Å². The van der Waals surface area contributed by atoms with Crippen molar-refractivity contribution in [3.05, 3.63) is 89.0 Å². The third kappa shape index (κ3) is 4.48. The fourth-order valence-corrected chi connectivity index (χ4v) is 4.05. The third-order valence-electron chi connectivity index (χ3n) is 5.75. The number of hydrogen-bond acceptors (Lipinski definition) is 5. The number of carbonyl (C=O) groups is 1. The second-order valence-corrected chi connectivity index (χ2v) is 8.33. The van der Waals surface area contributed by atoms with Gasteiger partial charge in [-0.3, -0.25) is 19.3 Å². The number of nitrogens with one attached hydrogen (secondary N) is 1. The second kappa shape index (κ2) is 8.81. The van der Waals surface area contributed by atoms with Gasteiger partial charge in [0, 0.05) is 30.6 Å². The van der Waals surface area contributed by atoms with Crippen LogP contribution in [0.4, 0.5) is 13.2 Å². The SMILES string of the molecule is Cn1nc(C(F)(F)F)cc1-c1ccc2c(C(=O)Cc3cnn(Cc4cccc(C#N)c4)c3)n[nH]c2c1. The quantitative estimate of drug-likeness (QED) is 0.353. The molecule has 0 aliphatic carbocycles. The van der Waals surface area contributed by atoms with Gasteiger partial charge < -0.3 is 0 Å². The number of carbonyl (C=O) groups excluding carboxylic acids is 1. The van der Waals surface area contributed by atoms with Crippen LogP contribution < -0.4 is 0 Å². The minimum Gasteiger partial charge on any atom is -0.292 e. The van der Waals surface area contributed by atoms with Crippen molar-refractivity contribution in [1.29, 1.82) is 5.26 Å². The Labute approximate surface area is 202 Å². The highest BCUT2D eigenvalue weighted by Gasteiger charge is 2.34. The molecule has 0 saturated heterocycles. The van der Waals surface area contributed by atoms with Crippen LogP contribution >= 0.6 is 0 Å². The maximum absolute atomic E-state index is 13.0. The summed E-state index contributed by atoms with van der Waals surface area (Å²) in [7, 11) is 1.44. The van der Waals surface area contributed by atoms with Crippen LogP contribution in [0.5, 0.6) is 0 Å². The highest BCUT2D eigenvalue weighted by Crippen LogP contribution is 2.32. The molecule has 8 nitrogen and oxygen atoms in total. The first kappa shape index (κ1) is 23.0. The van der Waals surface area contributed by atoms with Gasteiger partial charge in [-0.1, -0.05) is 18.2 Å². The van der Waals surface area contributed by atoms with Crippen LogP contribution in [0.1, 0.15) is 32.9 Å². The molecule has 5 aromatic rings. The van der Waals surface area contributed by atoms with Gasteiger partial charge >= 0.3 is 6.18 Å². The van der Waals surface area contributed by atoms with E-state index in [-0.39, 0.29) is 17.9 Å². The van der Waals surface area contributed by atoms with Gasteiger partial charge in [0.25, 0.3) is 0 Å². The van der Waals surface area contributed by atoms with E-state index >= 15 is 0 Å². The van der Waals surface area contributed by atoms with E-state index in [9.17, 15) is 18.0 Å². The maximum Gasteiger partial charge on any atom is 0.435 e. The zero-order valence-electron chi connectivity index (χ0n) is 18.9. The van der Waals surface area contributed by atoms with Crippen molar-refractivity contribution in [3.8, 4) is 17.3 Å². The second-order valence-electron chi connectivity index (χ2n) is 8.33. The number of fused-ring (bicyclic) bond motifs is 1. The number of hydrogen-bond donors (Lipinski definition) is 1. The van der Waals surface area contributed by atoms with E-state index < -0.39 is 11.9 Å². The molecule has 36 heavy (non-hydrogen) atoms. The molecule has 0 saturated carbocycles. The average molecular weight is 489 g/mol. The molecule has 3 heterocycles. The van der Waals surface area contributed by atoms with Gasteiger partial charge in [0.2, 0.25) is 0 Å². The fraction of sp³-hybridized carbons (Fsp3) is 0.160. The Morgan fingerprint density at radius 2 is 1.97 bits per heavy atom. The van der Waals surface area contributed by atoms with Gasteiger partial charge in [0.1, 0.15) is 5.69 Å². The van der Waals surface area contributed by atoms with Crippen LogP contribution in [0, 0.1) is 11.3 Å². The van der Waals surface area contributed by atoms with Crippen LogP contribution in [0.3, 0.4) is 0 Å². The Morgan fingerprint density at radius 3 is 2.72 bits per heavy atom. The number of halogens is 3. The molecule has 0 bridgehead atoms. The summed E-state index contributed by atoms with van der Waals surface area (Å²) in [6.07, 6.45) is -1.08. The van der Waals surface area contributed by atoms with Crippen LogP contribution in [0.25, 0.3) is 22.2 Å². The zero-order chi connectivity index (χ0) is 25.4. The number of Topliss-reactive ketones (excluding diaryl/α,β-unsaturated/α-hetero) is 1. The van der Waals surface area contributed by atoms with E-state index in [1.54, 1.807) is 53.5 Å². The standard InChI is InChI=1S/C25H18F3N7O/c1-34-21(10-23(33-34)25(26,27)28)18-5-6-19-20(9-18)31-32-24(19)22(36)8-17-12-30-35(14-17)13-16-4-2-3-15(7-16)11-29/h2-7,9-10,12,14H,8,13H2,1H3,(H,31,32). The Morgan fingerprint density at radius 1 is 1.14 bits per heavy atom. The first-order valence-electron chi connectivity index (χ1n) is 10.8. The van der Waals surface area contributed by atoms with E-state index in [1.165, 1.54) is 11.7 Å². The first-order valence-corrected chi connectivity index (χ1v) is 10.8. The molecule has 0 spiro atoms. The lowest BCUT2D eigenvalue weighted by Crippen LogP contribution is -2.06. The van der Waals surface area contributed by atoms with Gasteiger partial charge in [-0.2, -0.15) is 33.7 Å². The molecule has 0 aliphatic heterocycles. The summed E-state index contributed by atoms with van der Waals surface area (Å²) in [5.41, 5.74) is 2.79. The number of ketones is 1. The number of aryl methyl sites for hydroxylation is 1. The summed E-state index contributed by atoms with van der Waals surface area (Å²) >= 11 is 0. The average Bonchev–Trinajstić information content (AvgIpc) is 3.57. The van der Waals surface area contributed by atoms with Crippen molar-refractivity contribution in [3.63, 3.8) is 0 Å².